The fraction of sp³-hybridized carbons (Fsp3) is 0.412. The van der Waals surface area contributed by atoms with E-state index in [4.69, 9.17) is 4.74 Å². The number of rotatable bonds is 8. The zero-order valence-corrected chi connectivity index (χ0v) is 17.6. The number of hydrogen-bond acceptors (Lipinski definition) is 5. The number of aromatic amines is 1. The summed E-state index contributed by atoms with van der Waals surface area (Å²) in [6.45, 7) is 4.27. The van der Waals surface area contributed by atoms with Crippen molar-refractivity contribution in [2.75, 3.05) is 19.4 Å². The lowest BCUT2D eigenvalue weighted by molar-refractivity contribution is 0.0599. The van der Waals surface area contributed by atoms with Gasteiger partial charge in [-0.1, -0.05) is 6.92 Å². The predicted octanol–water partition coefficient (Wildman–Crippen LogP) is 4.16. The van der Waals surface area contributed by atoms with Gasteiger partial charge in [0.15, 0.2) is 0 Å². The fourth-order valence-corrected chi connectivity index (χ4v) is 4.91. The number of methoxy groups -OCH3 is 1. The summed E-state index contributed by atoms with van der Waals surface area (Å²) < 4.78 is 5.94. The second-order valence-corrected chi connectivity index (χ2v) is 8.99. The van der Waals surface area contributed by atoms with Gasteiger partial charge in [-0.25, -0.2) is 4.79 Å². The molecule has 0 aromatic carbocycles. The predicted molar refractivity (Wildman–Crippen MR) is 107 cm³/mol. The quantitative estimate of drug-likeness (QED) is 0.473. The fourth-order valence-electron chi connectivity index (χ4n) is 2.46. The average molecular weight is 445 g/mol. The second kappa shape index (κ2) is 9.45. The van der Waals surface area contributed by atoms with Gasteiger partial charge in [0.1, 0.15) is 5.69 Å². The number of thioether (sulfide) groups is 1. The molecule has 2 heterocycles. The van der Waals surface area contributed by atoms with Crippen molar-refractivity contribution in [3.63, 3.8) is 0 Å². The van der Waals surface area contributed by atoms with E-state index in [0.717, 1.165) is 21.0 Å². The number of halogens is 1. The van der Waals surface area contributed by atoms with Crippen molar-refractivity contribution in [3.8, 4) is 0 Å². The van der Waals surface area contributed by atoms with Crippen LogP contribution in [-0.2, 0) is 16.9 Å². The lowest BCUT2D eigenvalue weighted by Gasteiger charge is -2.05. The number of carbonyl (C=O) groups excluding carboxylic acids is 2. The number of H-pyrrole nitrogens is 1. The van der Waals surface area contributed by atoms with Gasteiger partial charge in [0.2, 0.25) is 0 Å². The smallest absolute Gasteiger partial charge is 0.339 e. The molecule has 0 saturated heterocycles. The van der Waals surface area contributed by atoms with Crippen molar-refractivity contribution in [1.82, 2.24) is 10.3 Å². The van der Waals surface area contributed by atoms with E-state index in [2.05, 4.69) is 32.3 Å². The van der Waals surface area contributed by atoms with Gasteiger partial charge in [0.25, 0.3) is 5.91 Å². The molecule has 2 aromatic rings. The van der Waals surface area contributed by atoms with Crippen molar-refractivity contribution in [3.05, 3.63) is 43.3 Å². The van der Waals surface area contributed by atoms with E-state index in [9.17, 15) is 9.59 Å². The normalized spacial score (nSPS) is 10.7. The van der Waals surface area contributed by atoms with Crippen molar-refractivity contribution in [2.45, 2.75) is 26.0 Å². The summed E-state index contributed by atoms with van der Waals surface area (Å²) >= 11 is 6.95. The molecular weight excluding hydrogens is 424 g/mol. The number of amides is 1. The number of aromatic nitrogens is 1. The van der Waals surface area contributed by atoms with Crippen LogP contribution >= 0.6 is 39.0 Å². The molecule has 0 aliphatic carbocycles. The SMILES string of the molecule is CCc1[nH]c(C(=O)NCCSCc2ccc(Br)s2)c(C)c1C(=O)OC. The van der Waals surface area contributed by atoms with Gasteiger partial charge in [0.05, 0.1) is 16.5 Å². The lowest BCUT2D eigenvalue weighted by Crippen LogP contribution is -2.26. The van der Waals surface area contributed by atoms with Crippen LogP contribution in [0, 0.1) is 6.92 Å². The Kier molecular flexibility index (Phi) is 7.58. The molecule has 0 radical (unpaired) electrons. The minimum Gasteiger partial charge on any atom is -0.465 e. The zero-order chi connectivity index (χ0) is 18.4. The average Bonchev–Trinajstić information content (AvgIpc) is 3.16. The number of carbonyl (C=O) groups is 2. The van der Waals surface area contributed by atoms with Crippen LogP contribution in [0.25, 0.3) is 0 Å². The number of esters is 1. The highest BCUT2D eigenvalue weighted by atomic mass is 79.9. The van der Waals surface area contributed by atoms with Crippen LogP contribution in [-0.4, -0.2) is 36.3 Å². The molecule has 0 fully saturated rings. The largest absolute Gasteiger partial charge is 0.465 e. The molecule has 8 heteroatoms. The van der Waals surface area contributed by atoms with Gasteiger partial charge in [-0.3, -0.25) is 4.79 Å². The third-order valence-corrected chi connectivity index (χ3v) is 6.52. The number of hydrogen-bond donors (Lipinski definition) is 2. The van der Waals surface area contributed by atoms with Crippen molar-refractivity contribution in [1.29, 1.82) is 0 Å². The topological polar surface area (TPSA) is 71.2 Å². The van der Waals surface area contributed by atoms with E-state index < -0.39 is 5.97 Å². The molecule has 2 aromatic heterocycles. The molecule has 136 valence electrons. The Morgan fingerprint density at radius 2 is 2.16 bits per heavy atom. The molecule has 5 nitrogen and oxygen atoms in total. The third-order valence-electron chi connectivity index (χ3n) is 3.70. The van der Waals surface area contributed by atoms with Gasteiger partial charge in [-0.05, 0) is 47.0 Å². The molecule has 0 unspecified atom stereocenters. The summed E-state index contributed by atoms with van der Waals surface area (Å²) in [6.07, 6.45) is 0.630. The Bertz CT molecular complexity index is 755. The maximum absolute atomic E-state index is 12.4. The van der Waals surface area contributed by atoms with Crippen molar-refractivity contribution < 1.29 is 14.3 Å². The summed E-state index contributed by atoms with van der Waals surface area (Å²) in [6, 6.07) is 4.14. The Labute approximate surface area is 164 Å². The monoisotopic (exact) mass is 444 g/mol. The number of nitrogens with one attached hydrogen (secondary N) is 2. The molecule has 0 saturated carbocycles. The van der Waals surface area contributed by atoms with Crippen molar-refractivity contribution in [2.24, 2.45) is 0 Å². The van der Waals surface area contributed by atoms with Gasteiger partial charge in [-0.2, -0.15) is 11.8 Å². The Balaban J connectivity index is 1.88. The van der Waals surface area contributed by atoms with E-state index in [1.54, 1.807) is 30.0 Å². The molecule has 2 N–H and O–H groups in total. The summed E-state index contributed by atoms with van der Waals surface area (Å²) in [5, 5.41) is 2.90. The van der Waals surface area contributed by atoms with Crippen molar-refractivity contribution >= 4 is 50.9 Å². The highest BCUT2D eigenvalue weighted by Gasteiger charge is 2.23. The van der Waals surface area contributed by atoms with Gasteiger partial charge < -0.3 is 15.0 Å². The summed E-state index contributed by atoms with van der Waals surface area (Å²) in [7, 11) is 1.34. The third kappa shape index (κ3) is 5.12. The Hall–Kier alpha value is -1.25. The first kappa shape index (κ1) is 20.1. The zero-order valence-electron chi connectivity index (χ0n) is 14.4. The molecular formula is C17H21BrN2O3S2. The van der Waals surface area contributed by atoms with Crippen LogP contribution in [0.2, 0.25) is 0 Å². The molecule has 0 atom stereocenters. The highest BCUT2D eigenvalue weighted by molar-refractivity contribution is 9.11. The molecule has 0 bridgehead atoms. The van der Waals surface area contributed by atoms with Crippen LogP contribution in [0.4, 0.5) is 0 Å². The molecule has 2 rings (SSSR count). The lowest BCUT2D eigenvalue weighted by atomic mass is 10.1. The minimum absolute atomic E-state index is 0.193. The van der Waals surface area contributed by atoms with Crippen LogP contribution < -0.4 is 5.32 Å². The summed E-state index contributed by atoms with van der Waals surface area (Å²) in [4.78, 5) is 28.7. The Morgan fingerprint density at radius 1 is 1.40 bits per heavy atom. The summed E-state index contributed by atoms with van der Waals surface area (Å²) in [5.74, 6) is 1.15. The maximum Gasteiger partial charge on any atom is 0.339 e. The number of ether oxygens (including phenoxy) is 1. The first-order valence-electron chi connectivity index (χ1n) is 7.87. The van der Waals surface area contributed by atoms with Gasteiger partial charge in [0, 0.05) is 28.6 Å². The van der Waals surface area contributed by atoms with E-state index in [1.807, 2.05) is 13.0 Å². The molecule has 0 spiro atoms. The minimum atomic E-state index is -0.415. The van der Waals surface area contributed by atoms with Crippen LogP contribution in [0.1, 0.15) is 43.9 Å². The number of aryl methyl sites for hydroxylation is 1. The first-order chi connectivity index (χ1) is 12.0. The van der Waals surface area contributed by atoms with E-state index in [1.165, 1.54) is 12.0 Å². The molecule has 1 amide bonds. The van der Waals surface area contributed by atoms with E-state index in [-0.39, 0.29) is 5.91 Å². The van der Waals surface area contributed by atoms with Gasteiger partial charge >= 0.3 is 5.97 Å². The van der Waals surface area contributed by atoms with Crippen LogP contribution in [0.3, 0.4) is 0 Å². The second-order valence-electron chi connectivity index (χ2n) is 5.34. The van der Waals surface area contributed by atoms with Crippen LogP contribution in [0.5, 0.6) is 0 Å². The first-order valence-corrected chi connectivity index (χ1v) is 10.6. The number of thiophene rings is 1. The molecule has 0 aliphatic rings. The van der Waals surface area contributed by atoms with E-state index >= 15 is 0 Å². The Morgan fingerprint density at radius 3 is 2.76 bits per heavy atom. The van der Waals surface area contributed by atoms with E-state index in [0.29, 0.717) is 29.8 Å². The summed E-state index contributed by atoms with van der Waals surface area (Å²) in [5.41, 5.74) is 2.27. The van der Waals surface area contributed by atoms with Crippen LogP contribution in [0.15, 0.2) is 15.9 Å². The maximum atomic E-state index is 12.4. The standard InChI is InChI=1S/C17H21BrN2O3S2/c1-4-12-14(17(22)23-3)10(2)15(20-12)16(21)19-7-8-24-9-11-5-6-13(18)25-11/h5-6,20H,4,7-9H2,1-3H3,(H,19,21). The molecule has 0 aliphatic heterocycles. The molecule has 25 heavy (non-hydrogen) atoms. The van der Waals surface area contributed by atoms with Gasteiger partial charge in [-0.15, -0.1) is 11.3 Å². The highest BCUT2D eigenvalue weighted by Crippen LogP contribution is 2.25.